The Morgan fingerprint density at radius 1 is 1.29 bits per heavy atom. The first-order chi connectivity index (χ1) is 9.79. The van der Waals surface area contributed by atoms with Crippen LogP contribution >= 0.6 is 6.75 Å². The molecule has 0 spiro atoms. The average Bonchev–Trinajstić information content (AvgIpc) is 2.60. The molecule has 2 rings (SSSR count). The normalized spacial score (nSPS) is 16.1. The molecule has 0 radical (unpaired) electrons. The third kappa shape index (κ3) is 3.92. The highest BCUT2D eigenvalue weighted by molar-refractivity contribution is 8.48. The van der Waals surface area contributed by atoms with E-state index in [2.05, 4.69) is 6.30 Å². The summed E-state index contributed by atoms with van der Waals surface area (Å²) in [7, 11) is -3.12. The Morgan fingerprint density at radius 3 is 2.48 bits per heavy atom. The quantitative estimate of drug-likeness (QED) is 0.799. The van der Waals surface area contributed by atoms with Gasteiger partial charge in [-0.15, -0.1) is 0 Å². The second-order valence-corrected chi connectivity index (χ2v) is 11.7. The van der Waals surface area contributed by atoms with Gasteiger partial charge in [0.05, 0.1) is 6.30 Å². The highest BCUT2D eigenvalue weighted by Crippen LogP contribution is 2.29. The molecule has 0 fully saturated rings. The summed E-state index contributed by atoms with van der Waals surface area (Å²) < 4.78 is 24.0. The lowest BCUT2D eigenvalue weighted by molar-refractivity contribution is -0.128. The van der Waals surface area contributed by atoms with Gasteiger partial charge < -0.3 is 4.90 Å². The maximum atomic E-state index is 12.0. The lowest BCUT2D eigenvalue weighted by Crippen LogP contribution is -2.30. The van der Waals surface area contributed by atoms with Crippen molar-refractivity contribution in [3.8, 4) is 0 Å². The molecule has 0 aromatic heterocycles. The summed E-state index contributed by atoms with van der Waals surface area (Å²) in [5.41, 5.74) is 3.20. The summed E-state index contributed by atoms with van der Waals surface area (Å²) in [6.45, 7) is 3.46. The van der Waals surface area contributed by atoms with E-state index >= 15 is 0 Å². The van der Waals surface area contributed by atoms with Crippen LogP contribution in [0.4, 0.5) is 0 Å². The first kappa shape index (κ1) is 16.2. The third-order valence-electron chi connectivity index (χ3n) is 3.84. The smallest absolute Gasteiger partial charge is 0.310 e. The van der Waals surface area contributed by atoms with Crippen LogP contribution in [0.2, 0.25) is 0 Å². The molecule has 1 atom stereocenters. The summed E-state index contributed by atoms with van der Waals surface area (Å²) in [6, 6.07) is 5.87. The van der Waals surface area contributed by atoms with E-state index in [-0.39, 0.29) is 11.7 Å². The van der Waals surface area contributed by atoms with Gasteiger partial charge >= 0.3 is 9.46 Å². The number of fused-ring (bicyclic) bond motifs is 1. The summed E-state index contributed by atoms with van der Waals surface area (Å²) in [5, 5.41) is 0. The fourth-order valence-corrected chi connectivity index (χ4v) is 4.43. The van der Waals surface area contributed by atoms with Crippen LogP contribution in [0, 0.1) is 0 Å². The Labute approximate surface area is 127 Å². The number of hydrogen-bond acceptors (Lipinski definition) is 3. The molecule has 1 aromatic rings. The second-order valence-electron chi connectivity index (χ2n) is 5.46. The van der Waals surface area contributed by atoms with E-state index in [0.717, 1.165) is 30.5 Å². The molecule has 4 nitrogen and oxygen atoms in total. The molecular formula is C15H21NO3PS+. The van der Waals surface area contributed by atoms with E-state index < -0.39 is 16.2 Å². The molecule has 0 N–H and O–H groups in total. The number of hydrogen-bond donors (Lipinski definition) is 0. The summed E-state index contributed by atoms with van der Waals surface area (Å²) in [4.78, 5) is 13.3. The highest BCUT2D eigenvalue weighted by Gasteiger charge is 2.23. The van der Waals surface area contributed by atoms with Crippen molar-refractivity contribution in [2.45, 2.75) is 25.5 Å². The van der Waals surface area contributed by atoms with Gasteiger partial charge in [-0.3, -0.25) is 4.79 Å². The van der Waals surface area contributed by atoms with Crippen molar-refractivity contribution >= 4 is 28.4 Å². The van der Waals surface area contributed by atoms with Crippen LogP contribution < -0.4 is 0 Å². The zero-order chi connectivity index (χ0) is 15.6. The highest BCUT2D eigenvalue weighted by atomic mass is 32.8. The van der Waals surface area contributed by atoms with Gasteiger partial charge in [-0.05, 0) is 29.5 Å². The predicted octanol–water partition coefficient (Wildman–Crippen LogP) is 2.01. The Morgan fingerprint density at radius 2 is 1.90 bits per heavy atom. The van der Waals surface area contributed by atoms with E-state index in [4.69, 9.17) is 0 Å². The molecule has 1 aliphatic rings. The Hall–Kier alpha value is -1.19. The van der Waals surface area contributed by atoms with Crippen molar-refractivity contribution < 1.29 is 13.2 Å². The van der Waals surface area contributed by atoms with Gasteiger partial charge in [-0.25, -0.2) is 0 Å². The number of benzene rings is 1. The topological polar surface area (TPSA) is 54.5 Å². The van der Waals surface area contributed by atoms with Crippen molar-refractivity contribution in [1.29, 1.82) is 0 Å². The molecule has 0 saturated heterocycles. The zero-order valence-electron chi connectivity index (χ0n) is 12.5. The molecule has 1 unspecified atom stereocenters. The molecule has 0 saturated carbocycles. The van der Waals surface area contributed by atoms with Crippen molar-refractivity contribution in [2.75, 3.05) is 19.8 Å². The SMILES string of the molecule is C=[P+](C)S(=O)(=O)Cc1ccc2c(c1)CCN(C(C)=O)CC2. The van der Waals surface area contributed by atoms with Gasteiger partial charge in [-0.2, -0.15) is 8.42 Å². The van der Waals surface area contributed by atoms with Crippen LogP contribution in [0.5, 0.6) is 0 Å². The van der Waals surface area contributed by atoms with Crippen molar-refractivity contribution in [2.24, 2.45) is 0 Å². The fourth-order valence-electron chi connectivity index (χ4n) is 2.50. The van der Waals surface area contributed by atoms with Gasteiger partial charge in [0.1, 0.15) is 12.4 Å². The molecule has 21 heavy (non-hydrogen) atoms. The molecule has 0 aliphatic carbocycles. The minimum Gasteiger partial charge on any atom is -0.342 e. The van der Waals surface area contributed by atoms with Gasteiger partial charge in [0.2, 0.25) is 12.7 Å². The van der Waals surface area contributed by atoms with Gasteiger partial charge in [0.15, 0.2) is 0 Å². The standard InChI is InChI=1S/C15H21NO3PS/c1-12(17)16-8-6-14-5-4-13(10-15(14)7-9-16)11-21(18,19)20(2)3/h4-5,10H,2,6-9,11H2,1,3H3/q+1. The van der Waals surface area contributed by atoms with E-state index in [1.807, 2.05) is 23.1 Å². The zero-order valence-corrected chi connectivity index (χ0v) is 14.2. The van der Waals surface area contributed by atoms with Crippen LogP contribution in [-0.4, -0.2) is 45.3 Å². The van der Waals surface area contributed by atoms with Crippen molar-refractivity contribution in [1.82, 2.24) is 4.90 Å². The van der Waals surface area contributed by atoms with Crippen LogP contribution in [0.25, 0.3) is 0 Å². The summed E-state index contributed by atoms with van der Waals surface area (Å²) in [6.07, 6.45) is 5.29. The van der Waals surface area contributed by atoms with Gasteiger partial charge in [-0.1, -0.05) is 18.2 Å². The van der Waals surface area contributed by atoms with E-state index in [0.29, 0.717) is 6.54 Å². The molecule has 1 aromatic carbocycles. The predicted molar refractivity (Wildman–Crippen MR) is 88.7 cm³/mol. The number of nitrogens with zero attached hydrogens (tertiary/aromatic N) is 1. The molecule has 1 amide bonds. The van der Waals surface area contributed by atoms with Gasteiger partial charge in [0, 0.05) is 20.0 Å². The van der Waals surface area contributed by atoms with Crippen molar-refractivity contribution in [3.05, 3.63) is 34.9 Å². The molecule has 1 aliphatic heterocycles. The summed E-state index contributed by atoms with van der Waals surface area (Å²) in [5.74, 6) is 0.155. The summed E-state index contributed by atoms with van der Waals surface area (Å²) >= 11 is 0. The Kier molecular flexibility index (Phi) is 4.84. The maximum Gasteiger partial charge on any atom is 0.310 e. The second kappa shape index (κ2) is 6.29. The first-order valence-corrected chi connectivity index (χ1v) is 11.2. The lowest BCUT2D eigenvalue weighted by atomic mass is 10.0. The number of carbonyl (C=O) groups is 1. The van der Waals surface area contributed by atoms with Crippen LogP contribution in [0.3, 0.4) is 0 Å². The van der Waals surface area contributed by atoms with E-state index in [1.54, 1.807) is 13.6 Å². The third-order valence-corrected chi connectivity index (χ3v) is 8.73. The van der Waals surface area contributed by atoms with E-state index in [9.17, 15) is 13.2 Å². The number of amides is 1. The Bertz CT molecular complexity index is 682. The minimum atomic E-state index is -3.12. The first-order valence-electron chi connectivity index (χ1n) is 6.93. The maximum absolute atomic E-state index is 12.0. The van der Waals surface area contributed by atoms with Crippen molar-refractivity contribution in [3.63, 3.8) is 0 Å². The molecular weight excluding hydrogens is 305 g/mol. The van der Waals surface area contributed by atoms with E-state index in [1.165, 1.54) is 5.56 Å². The number of carbonyl (C=O) groups excluding carboxylic acids is 1. The monoisotopic (exact) mass is 326 g/mol. The van der Waals surface area contributed by atoms with Crippen LogP contribution in [0.1, 0.15) is 23.6 Å². The van der Waals surface area contributed by atoms with Crippen LogP contribution in [-0.2, 0) is 32.8 Å². The molecule has 0 bridgehead atoms. The lowest BCUT2D eigenvalue weighted by Gasteiger charge is -2.17. The average molecular weight is 326 g/mol. The Balaban J connectivity index is 2.22. The largest absolute Gasteiger partial charge is 0.342 e. The molecule has 114 valence electrons. The molecule has 6 heteroatoms. The minimum absolute atomic E-state index is 0.0579. The van der Waals surface area contributed by atoms with Gasteiger partial charge in [0.25, 0.3) is 0 Å². The number of rotatable bonds is 3. The van der Waals surface area contributed by atoms with Crippen LogP contribution in [0.15, 0.2) is 18.2 Å². The molecule has 1 heterocycles. The fraction of sp³-hybridized carbons (Fsp3) is 0.467.